The van der Waals surface area contributed by atoms with Gasteiger partial charge in [0, 0.05) is 10.6 Å². The number of carbonyl (C=O) groups is 2. The molecule has 0 aliphatic carbocycles. The predicted molar refractivity (Wildman–Crippen MR) is 66.5 cm³/mol. The van der Waals surface area contributed by atoms with Gasteiger partial charge in [0.2, 0.25) is 0 Å². The topological polar surface area (TPSA) is 43.4 Å². The van der Waals surface area contributed by atoms with Crippen LogP contribution < -0.4 is 0 Å². The van der Waals surface area contributed by atoms with Crippen molar-refractivity contribution in [3.63, 3.8) is 0 Å². The predicted octanol–water partition coefficient (Wildman–Crippen LogP) is 3.21. The summed E-state index contributed by atoms with van der Waals surface area (Å²) in [6.45, 7) is 5.79. The molecule has 0 heterocycles. The van der Waals surface area contributed by atoms with E-state index in [0.29, 0.717) is 10.6 Å². The Labute approximate surface area is 106 Å². The van der Waals surface area contributed by atoms with E-state index < -0.39 is 11.8 Å². The SMILES string of the molecule is CCOC(=O)C(=O)c1ccc(Cl)c(C(C)C)c1. The lowest BCUT2D eigenvalue weighted by Gasteiger charge is -2.09. The maximum atomic E-state index is 11.7. The number of carbonyl (C=O) groups excluding carboxylic acids is 2. The summed E-state index contributed by atoms with van der Waals surface area (Å²) >= 11 is 6.01. The summed E-state index contributed by atoms with van der Waals surface area (Å²) in [7, 11) is 0. The van der Waals surface area contributed by atoms with E-state index in [1.807, 2.05) is 13.8 Å². The highest BCUT2D eigenvalue weighted by Gasteiger charge is 2.19. The van der Waals surface area contributed by atoms with E-state index in [1.165, 1.54) is 6.07 Å². The van der Waals surface area contributed by atoms with Crippen LogP contribution in [0.15, 0.2) is 18.2 Å². The van der Waals surface area contributed by atoms with E-state index in [0.717, 1.165) is 5.56 Å². The van der Waals surface area contributed by atoms with Crippen molar-refractivity contribution < 1.29 is 14.3 Å². The Morgan fingerprint density at radius 3 is 2.53 bits per heavy atom. The fourth-order valence-electron chi connectivity index (χ4n) is 1.44. The number of esters is 1. The van der Waals surface area contributed by atoms with Gasteiger partial charge in [-0.15, -0.1) is 0 Å². The van der Waals surface area contributed by atoms with Gasteiger partial charge in [-0.05, 0) is 36.6 Å². The van der Waals surface area contributed by atoms with Gasteiger partial charge in [0.05, 0.1) is 6.61 Å². The van der Waals surface area contributed by atoms with Crippen LogP contribution in [0.3, 0.4) is 0 Å². The molecule has 0 saturated heterocycles. The lowest BCUT2D eigenvalue weighted by atomic mass is 9.99. The zero-order valence-corrected chi connectivity index (χ0v) is 10.9. The highest BCUT2D eigenvalue weighted by atomic mass is 35.5. The maximum absolute atomic E-state index is 11.7. The number of hydrogen-bond donors (Lipinski definition) is 0. The second kappa shape index (κ2) is 5.82. The summed E-state index contributed by atoms with van der Waals surface area (Å²) in [6.07, 6.45) is 0. The van der Waals surface area contributed by atoms with Crippen molar-refractivity contribution in [1.82, 2.24) is 0 Å². The van der Waals surface area contributed by atoms with E-state index in [9.17, 15) is 9.59 Å². The fraction of sp³-hybridized carbons (Fsp3) is 0.385. The van der Waals surface area contributed by atoms with Crippen LogP contribution in [-0.4, -0.2) is 18.4 Å². The van der Waals surface area contributed by atoms with Crippen molar-refractivity contribution in [3.8, 4) is 0 Å². The van der Waals surface area contributed by atoms with Crippen LogP contribution in [0.5, 0.6) is 0 Å². The van der Waals surface area contributed by atoms with E-state index in [2.05, 4.69) is 4.74 Å². The summed E-state index contributed by atoms with van der Waals surface area (Å²) in [6, 6.07) is 4.81. The Balaban J connectivity index is 3.03. The number of rotatable bonds is 4. The van der Waals surface area contributed by atoms with Crippen LogP contribution in [0.2, 0.25) is 5.02 Å². The molecule has 1 aromatic rings. The molecular formula is C13H15ClO3. The van der Waals surface area contributed by atoms with Gasteiger partial charge < -0.3 is 4.74 Å². The first kappa shape index (κ1) is 13.7. The summed E-state index contributed by atoms with van der Waals surface area (Å²) < 4.78 is 4.67. The van der Waals surface area contributed by atoms with Crippen molar-refractivity contribution in [3.05, 3.63) is 34.3 Å². The summed E-state index contributed by atoms with van der Waals surface area (Å²) in [5.74, 6) is -1.27. The van der Waals surface area contributed by atoms with E-state index in [1.54, 1.807) is 19.1 Å². The van der Waals surface area contributed by atoms with Crippen LogP contribution in [0, 0.1) is 0 Å². The van der Waals surface area contributed by atoms with Crippen LogP contribution in [0.1, 0.15) is 42.6 Å². The Hall–Kier alpha value is -1.35. The number of halogens is 1. The van der Waals surface area contributed by atoms with Gasteiger partial charge in [0.15, 0.2) is 0 Å². The smallest absolute Gasteiger partial charge is 0.379 e. The second-order valence-electron chi connectivity index (χ2n) is 3.94. The highest BCUT2D eigenvalue weighted by Crippen LogP contribution is 2.25. The molecule has 0 aliphatic heterocycles. The molecule has 0 aromatic heterocycles. The number of ketones is 1. The normalized spacial score (nSPS) is 10.4. The van der Waals surface area contributed by atoms with Gasteiger partial charge in [0.1, 0.15) is 0 Å². The third-order valence-corrected chi connectivity index (χ3v) is 2.69. The summed E-state index contributed by atoms with van der Waals surface area (Å²) in [4.78, 5) is 23.0. The second-order valence-corrected chi connectivity index (χ2v) is 4.35. The molecule has 3 nitrogen and oxygen atoms in total. The molecule has 0 aliphatic rings. The van der Waals surface area contributed by atoms with Crippen LogP contribution in [0.4, 0.5) is 0 Å². The largest absolute Gasteiger partial charge is 0.460 e. The minimum Gasteiger partial charge on any atom is -0.460 e. The molecule has 0 fully saturated rings. The first-order chi connectivity index (χ1) is 7.97. The van der Waals surface area contributed by atoms with Crippen molar-refractivity contribution >= 4 is 23.4 Å². The quantitative estimate of drug-likeness (QED) is 0.471. The molecule has 1 aromatic carbocycles. The number of hydrogen-bond acceptors (Lipinski definition) is 3. The first-order valence-electron chi connectivity index (χ1n) is 5.48. The molecule has 0 N–H and O–H groups in total. The Morgan fingerprint density at radius 2 is 2.00 bits per heavy atom. The minimum atomic E-state index is -0.829. The number of ether oxygens (including phenoxy) is 1. The van der Waals surface area contributed by atoms with Gasteiger partial charge in [-0.2, -0.15) is 0 Å². The zero-order chi connectivity index (χ0) is 13.0. The highest BCUT2D eigenvalue weighted by molar-refractivity contribution is 6.41. The molecule has 0 amide bonds. The average Bonchev–Trinajstić information content (AvgIpc) is 2.28. The van der Waals surface area contributed by atoms with Gasteiger partial charge in [-0.3, -0.25) is 4.79 Å². The van der Waals surface area contributed by atoms with Crippen LogP contribution in [-0.2, 0) is 9.53 Å². The van der Waals surface area contributed by atoms with E-state index in [-0.39, 0.29) is 12.5 Å². The monoisotopic (exact) mass is 254 g/mol. The molecule has 17 heavy (non-hydrogen) atoms. The van der Waals surface area contributed by atoms with Crippen LogP contribution >= 0.6 is 11.6 Å². The fourth-order valence-corrected chi connectivity index (χ4v) is 1.78. The minimum absolute atomic E-state index is 0.190. The lowest BCUT2D eigenvalue weighted by Crippen LogP contribution is -2.17. The number of benzene rings is 1. The molecule has 0 bridgehead atoms. The van der Waals surface area contributed by atoms with Crippen molar-refractivity contribution in [2.24, 2.45) is 0 Å². The standard InChI is InChI=1S/C13H15ClO3/c1-4-17-13(16)12(15)9-5-6-11(14)10(7-9)8(2)3/h5-8H,4H2,1-3H3. The van der Waals surface area contributed by atoms with Crippen molar-refractivity contribution in [2.75, 3.05) is 6.61 Å². The van der Waals surface area contributed by atoms with Gasteiger partial charge >= 0.3 is 5.97 Å². The van der Waals surface area contributed by atoms with Crippen LogP contribution in [0.25, 0.3) is 0 Å². The Morgan fingerprint density at radius 1 is 1.35 bits per heavy atom. The van der Waals surface area contributed by atoms with Gasteiger partial charge in [-0.1, -0.05) is 25.4 Å². The molecule has 1 rings (SSSR count). The maximum Gasteiger partial charge on any atom is 0.379 e. The summed E-state index contributed by atoms with van der Waals surface area (Å²) in [5, 5.41) is 0.598. The molecule has 4 heteroatoms. The Kier molecular flexibility index (Phi) is 4.70. The third-order valence-electron chi connectivity index (χ3n) is 2.34. The van der Waals surface area contributed by atoms with Gasteiger partial charge in [-0.25, -0.2) is 4.79 Å². The molecule has 0 unspecified atom stereocenters. The van der Waals surface area contributed by atoms with Crippen molar-refractivity contribution in [2.45, 2.75) is 26.7 Å². The van der Waals surface area contributed by atoms with Gasteiger partial charge in [0.25, 0.3) is 5.78 Å². The first-order valence-corrected chi connectivity index (χ1v) is 5.86. The van der Waals surface area contributed by atoms with E-state index in [4.69, 9.17) is 11.6 Å². The third kappa shape index (κ3) is 3.30. The Bertz CT molecular complexity index is 438. The van der Waals surface area contributed by atoms with Crippen molar-refractivity contribution in [1.29, 1.82) is 0 Å². The average molecular weight is 255 g/mol. The molecule has 0 saturated carbocycles. The molecule has 92 valence electrons. The molecule has 0 spiro atoms. The lowest BCUT2D eigenvalue weighted by molar-refractivity contribution is -0.137. The summed E-state index contributed by atoms with van der Waals surface area (Å²) in [5.41, 5.74) is 1.17. The van der Waals surface area contributed by atoms with E-state index >= 15 is 0 Å². The molecule has 0 atom stereocenters. The molecule has 0 radical (unpaired) electrons. The zero-order valence-electron chi connectivity index (χ0n) is 10.1. The number of Topliss-reactive ketones (excluding diaryl/α,β-unsaturated/α-hetero) is 1. The molecular weight excluding hydrogens is 240 g/mol.